The zero-order valence-electron chi connectivity index (χ0n) is 9.89. The van der Waals surface area contributed by atoms with Gasteiger partial charge in [-0.3, -0.25) is 0 Å². The minimum Gasteiger partial charge on any atom is -0.399 e. The molecule has 0 saturated heterocycles. The third-order valence-corrected chi connectivity index (χ3v) is 3.29. The number of fused-ring (bicyclic) bond motifs is 1. The van der Waals surface area contributed by atoms with Gasteiger partial charge in [0.1, 0.15) is 5.82 Å². The van der Waals surface area contributed by atoms with E-state index in [1.807, 2.05) is 54.1 Å². The molecule has 4 heteroatoms. The number of nitrogen functional groups attached to an aromatic ring is 1. The molecule has 0 aliphatic heterocycles. The molecule has 0 saturated carbocycles. The van der Waals surface area contributed by atoms with Crippen LogP contribution in [0.5, 0.6) is 0 Å². The highest BCUT2D eigenvalue weighted by Gasteiger charge is 2.11. The van der Waals surface area contributed by atoms with Crippen molar-refractivity contribution < 1.29 is 0 Å². The molecule has 90 valence electrons. The van der Waals surface area contributed by atoms with Crippen LogP contribution in [-0.2, 0) is 7.05 Å². The SMILES string of the molecule is Cn1c(-c2cccc(N)c2)nc2cccc(Cl)c21. The first kappa shape index (κ1) is 11.1. The summed E-state index contributed by atoms with van der Waals surface area (Å²) in [5.41, 5.74) is 9.36. The van der Waals surface area contributed by atoms with Crippen molar-refractivity contribution >= 4 is 28.3 Å². The maximum Gasteiger partial charge on any atom is 0.140 e. The predicted octanol–water partition coefficient (Wildman–Crippen LogP) is 3.48. The number of anilines is 1. The number of para-hydroxylation sites is 1. The smallest absolute Gasteiger partial charge is 0.140 e. The molecular formula is C14H12ClN3. The molecule has 2 aromatic carbocycles. The lowest BCUT2D eigenvalue weighted by molar-refractivity contribution is 0.959. The summed E-state index contributed by atoms with van der Waals surface area (Å²) >= 11 is 6.21. The zero-order valence-corrected chi connectivity index (χ0v) is 10.6. The van der Waals surface area contributed by atoms with E-state index in [0.717, 1.165) is 28.1 Å². The number of hydrogen-bond acceptors (Lipinski definition) is 2. The lowest BCUT2D eigenvalue weighted by atomic mass is 10.2. The van der Waals surface area contributed by atoms with Crippen LogP contribution in [0.25, 0.3) is 22.4 Å². The molecule has 3 nitrogen and oxygen atoms in total. The van der Waals surface area contributed by atoms with Crippen LogP contribution in [0.1, 0.15) is 0 Å². The number of aromatic nitrogens is 2. The topological polar surface area (TPSA) is 43.8 Å². The third kappa shape index (κ3) is 1.64. The predicted molar refractivity (Wildman–Crippen MR) is 75.6 cm³/mol. The molecule has 18 heavy (non-hydrogen) atoms. The Bertz CT molecular complexity index is 731. The Morgan fingerprint density at radius 3 is 2.67 bits per heavy atom. The van der Waals surface area contributed by atoms with Crippen LogP contribution in [-0.4, -0.2) is 9.55 Å². The van der Waals surface area contributed by atoms with Crippen LogP contribution in [0.4, 0.5) is 5.69 Å². The first-order chi connectivity index (χ1) is 8.66. The van der Waals surface area contributed by atoms with E-state index in [9.17, 15) is 0 Å². The Morgan fingerprint density at radius 2 is 1.94 bits per heavy atom. The fraction of sp³-hybridized carbons (Fsp3) is 0.0714. The maximum atomic E-state index is 6.21. The first-order valence-electron chi connectivity index (χ1n) is 5.63. The van der Waals surface area contributed by atoms with Crippen molar-refractivity contribution in [1.29, 1.82) is 0 Å². The molecule has 0 amide bonds. The van der Waals surface area contributed by atoms with E-state index in [0.29, 0.717) is 5.02 Å². The molecule has 1 heterocycles. The van der Waals surface area contributed by atoms with E-state index in [2.05, 4.69) is 4.98 Å². The summed E-state index contributed by atoms with van der Waals surface area (Å²) in [6.07, 6.45) is 0. The van der Waals surface area contributed by atoms with Gasteiger partial charge in [0.15, 0.2) is 0 Å². The highest BCUT2D eigenvalue weighted by Crippen LogP contribution is 2.28. The number of nitrogens with two attached hydrogens (primary N) is 1. The zero-order chi connectivity index (χ0) is 12.7. The van der Waals surface area contributed by atoms with Gasteiger partial charge in [0, 0.05) is 18.3 Å². The highest BCUT2D eigenvalue weighted by atomic mass is 35.5. The molecule has 0 atom stereocenters. The van der Waals surface area contributed by atoms with Crippen LogP contribution in [0, 0.1) is 0 Å². The van der Waals surface area contributed by atoms with Crippen molar-refractivity contribution in [3.05, 3.63) is 47.5 Å². The number of hydrogen-bond donors (Lipinski definition) is 1. The quantitative estimate of drug-likeness (QED) is 0.679. The molecule has 0 aliphatic carbocycles. The van der Waals surface area contributed by atoms with Gasteiger partial charge in [0.2, 0.25) is 0 Å². The molecule has 0 aliphatic rings. The summed E-state index contributed by atoms with van der Waals surface area (Å²) < 4.78 is 1.99. The van der Waals surface area contributed by atoms with Gasteiger partial charge in [-0.1, -0.05) is 29.8 Å². The van der Waals surface area contributed by atoms with Crippen molar-refractivity contribution in [3.63, 3.8) is 0 Å². The number of imidazole rings is 1. The van der Waals surface area contributed by atoms with Crippen molar-refractivity contribution in [2.24, 2.45) is 7.05 Å². The highest BCUT2D eigenvalue weighted by molar-refractivity contribution is 6.35. The summed E-state index contributed by atoms with van der Waals surface area (Å²) in [5, 5.41) is 0.706. The van der Waals surface area contributed by atoms with E-state index in [4.69, 9.17) is 17.3 Å². The van der Waals surface area contributed by atoms with Gasteiger partial charge in [0.25, 0.3) is 0 Å². The summed E-state index contributed by atoms with van der Waals surface area (Å²) in [7, 11) is 1.96. The Hall–Kier alpha value is -2.00. The van der Waals surface area contributed by atoms with Crippen molar-refractivity contribution in [3.8, 4) is 11.4 Å². The number of halogens is 1. The fourth-order valence-electron chi connectivity index (χ4n) is 2.16. The number of aryl methyl sites for hydroxylation is 1. The average Bonchev–Trinajstić information content (AvgIpc) is 2.68. The Balaban J connectivity index is 2.31. The molecular weight excluding hydrogens is 246 g/mol. The Morgan fingerprint density at radius 1 is 1.17 bits per heavy atom. The molecule has 0 fully saturated rings. The second-order valence-corrected chi connectivity index (χ2v) is 4.63. The van der Waals surface area contributed by atoms with Gasteiger partial charge in [-0.2, -0.15) is 0 Å². The van der Waals surface area contributed by atoms with Crippen molar-refractivity contribution in [2.75, 3.05) is 5.73 Å². The molecule has 0 unspecified atom stereocenters. The molecule has 1 aromatic heterocycles. The third-order valence-electron chi connectivity index (χ3n) is 2.99. The van der Waals surface area contributed by atoms with Crippen LogP contribution in [0.2, 0.25) is 5.02 Å². The van der Waals surface area contributed by atoms with E-state index in [1.54, 1.807) is 0 Å². The number of benzene rings is 2. The molecule has 3 rings (SSSR count). The molecule has 0 bridgehead atoms. The van der Waals surface area contributed by atoms with Crippen molar-refractivity contribution in [1.82, 2.24) is 9.55 Å². The van der Waals surface area contributed by atoms with Gasteiger partial charge >= 0.3 is 0 Å². The normalized spacial score (nSPS) is 11.0. The average molecular weight is 258 g/mol. The Kier molecular flexibility index (Phi) is 2.49. The summed E-state index contributed by atoms with van der Waals surface area (Å²) in [4.78, 5) is 4.61. The van der Waals surface area contributed by atoms with E-state index in [1.165, 1.54) is 0 Å². The van der Waals surface area contributed by atoms with Gasteiger partial charge in [-0.05, 0) is 24.3 Å². The lowest BCUT2D eigenvalue weighted by Crippen LogP contribution is -1.94. The minimum atomic E-state index is 0.706. The second kappa shape index (κ2) is 4.03. The van der Waals surface area contributed by atoms with E-state index >= 15 is 0 Å². The second-order valence-electron chi connectivity index (χ2n) is 4.23. The van der Waals surface area contributed by atoms with Crippen LogP contribution in [0.3, 0.4) is 0 Å². The van der Waals surface area contributed by atoms with Gasteiger partial charge in [-0.15, -0.1) is 0 Å². The van der Waals surface area contributed by atoms with Crippen molar-refractivity contribution in [2.45, 2.75) is 0 Å². The summed E-state index contributed by atoms with van der Waals surface area (Å²) in [6, 6.07) is 13.4. The number of rotatable bonds is 1. The maximum absolute atomic E-state index is 6.21. The molecule has 0 radical (unpaired) electrons. The molecule has 0 spiro atoms. The monoisotopic (exact) mass is 257 g/mol. The molecule has 2 N–H and O–H groups in total. The van der Waals surface area contributed by atoms with Gasteiger partial charge in [-0.25, -0.2) is 4.98 Å². The summed E-state index contributed by atoms with van der Waals surface area (Å²) in [6.45, 7) is 0. The first-order valence-corrected chi connectivity index (χ1v) is 6.01. The minimum absolute atomic E-state index is 0.706. The standard InChI is InChI=1S/C14H12ClN3/c1-18-13-11(15)6-3-7-12(13)17-14(18)9-4-2-5-10(16)8-9/h2-8H,16H2,1H3. The van der Waals surface area contributed by atoms with Gasteiger partial charge in [0.05, 0.1) is 16.1 Å². The van der Waals surface area contributed by atoms with E-state index < -0.39 is 0 Å². The Labute approximate surface area is 110 Å². The lowest BCUT2D eigenvalue weighted by Gasteiger charge is -2.03. The molecule has 3 aromatic rings. The largest absolute Gasteiger partial charge is 0.399 e. The van der Waals surface area contributed by atoms with Gasteiger partial charge < -0.3 is 10.3 Å². The fourth-order valence-corrected chi connectivity index (χ4v) is 2.45. The van der Waals surface area contributed by atoms with E-state index in [-0.39, 0.29) is 0 Å². The van der Waals surface area contributed by atoms with Crippen LogP contribution >= 0.6 is 11.6 Å². The summed E-state index contributed by atoms with van der Waals surface area (Å²) in [5.74, 6) is 0.866. The van der Waals surface area contributed by atoms with Crippen LogP contribution in [0.15, 0.2) is 42.5 Å². The number of nitrogens with zero attached hydrogens (tertiary/aromatic N) is 2. The van der Waals surface area contributed by atoms with Crippen LogP contribution < -0.4 is 5.73 Å².